The third kappa shape index (κ3) is 4.18. The highest BCUT2D eigenvalue weighted by Gasteiger charge is 2.25. The van der Waals surface area contributed by atoms with Crippen LogP contribution >= 0.6 is 11.3 Å². The molecule has 1 aromatic heterocycles. The Labute approximate surface area is 159 Å². The van der Waals surface area contributed by atoms with Gasteiger partial charge in [0.2, 0.25) is 5.91 Å². The first-order valence-corrected chi connectivity index (χ1v) is 9.82. The molecule has 0 radical (unpaired) electrons. The fraction of sp³-hybridized carbons (Fsp3) is 0.500. The number of hydrogen-bond acceptors (Lipinski definition) is 5. The highest BCUT2D eigenvalue weighted by molar-refractivity contribution is 7.13. The Hall–Kier alpha value is -2.08. The molecule has 0 aliphatic carbocycles. The summed E-state index contributed by atoms with van der Waals surface area (Å²) in [6, 6.07) is 5.74. The molecule has 1 saturated heterocycles. The number of rotatable bonds is 5. The summed E-state index contributed by atoms with van der Waals surface area (Å²) in [5, 5.41) is 2.86. The van der Waals surface area contributed by atoms with Crippen molar-refractivity contribution in [2.75, 3.05) is 27.3 Å². The smallest absolute Gasteiger partial charge is 0.228 e. The number of amides is 1. The Bertz CT molecular complexity index is 764. The molecule has 1 aromatic carbocycles. The van der Waals surface area contributed by atoms with Crippen LogP contribution in [0.15, 0.2) is 23.6 Å². The van der Waals surface area contributed by atoms with E-state index in [0.717, 1.165) is 29.4 Å². The number of benzene rings is 1. The first-order chi connectivity index (χ1) is 12.5. The highest BCUT2D eigenvalue weighted by atomic mass is 32.1. The van der Waals surface area contributed by atoms with Gasteiger partial charge in [0.25, 0.3) is 0 Å². The molecule has 2 heterocycles. The highest BCUT2D eigenvalue weighted by Crippen LogP contribution is 2.33. The van der Waals surface area contributed by atoms with Crippen LogP contribution in [0, 0.1) is 11.8 Å². The molecular formula is C20H26N2O3S. The van der Waals surface area contributed by atoms with Crippen LogP contribution in [0.2, 0.25) is 0 Å². The number of carbonyl (C=O) groups is 1. The molecule has 6 heteroatoms. The Morgan fingerprint density at radius 3 is 2.54 bits per heavy atom. The van der Waals surface area contributed by atoms with E-state index in [1.165, 1.54) is 6.42 Å². The Morgan fingerprint density at radius 1 is 1.19 bits per heavy atom. The molecule has 0 N–H and O–H groups in total. The number of hydrogen-bond donors (Lipinski definition) is 0. The lowest BCUT2D eigenvalue weighted by Crippen LogP contribution is -2.43. The van der Waals surface area contributed by atoms with Gasteiger partial charge in [-0.15, -0.1) is 11.3 Å². The maximum Gasteiger partial charge on any atom is 0.228 e. The number of thiazole rings is 1. The second-order valence-electron chi connectivity index (χ2n) is 7.14. The molecule has 2 atom stereocenters. The molecule has 0 spiro atoms. The van der Waals surface area contributed by atoms with Crippen molar-refractivity contribution in [1.29, 1.82) is 0 Å². The van der Waals surface area contributed by atoms with Gasteiger partial charge in [0, 0.05) is 24.0 Å². The van der Waals surface area contributed by atoms with Crippen LogP contribution in [0.5, 0.6) is 11.5 Å². The van der Waals surface area contributed by atoms with Gasteiger partial charge in [-0.2, -0.15) is 0 Å². The summed E-state index contributed by atoms with van der Waals surface area (Å²) in [6.45, 7) is 6.15. The number of aromatic nitrogens is 1. The van der Waals surface area contributed by atoms with Crippen molar-refractivity contribution >= 4 is 17.2 Å². The molecular weight excluding hydrogens is 348 g/mol. The van der Waals surface area contributed by atoms with Gasteiger partial charge < -0.3 is 14.4 Å². The predicted octanol–water partition coefficient (Wildman–Crippen LogP) is 3.87. The largest absolute Gasteiger partial charge is 0.493 e. The third-order valence-electron chi connectivity index (χ3n) is 4.74. The van der Waals surface area contributed by atoms with Crippen LogP contribution in [0.3, 0.4) is 0 Å². The second-order valence-corrected chi connectivity index (χ2v) is 7.99. The molecule has 2 unspecified atom stereocenters. The lowest BCUT2D eigenvalue weighted by molar-refractivity contribution is -0.133. The molecule has 1 amide bonds. The molecule has 1 aliphatic heterocycles. The monoisotopic (exact) mass is 374 g/mol. The zero-order valence-corrected chi connectivity index (χ0v) is 16.6. The van der Waals surface area contributed by atoms with Crippen LogP contribution in [0.1, 0.15) is 26.0 Å². The third-order valence-corrected chi connectivity index (χ3v) is 5.68. The Balaban J connectivity index is 1.71. The molecule has 2 aromatic rings. The maximum atomic E-state index is 12.6. The van der Waals surface area contributed by atoms with E-state index < -0.39 is 0 Å². The van der Waals surface area contributed by atoms with Gasteiger partial charge in [0.15, 0.2) is 11.5 Å². The van der Waals surface area contributed by atoms with Crippen molar-refractivity contribution in [3.05, 3.63) is 29.3 Å². The van der Waals surface area contributed by atoms with Crippen molar-refractivity contribution < 1.29 is 14.3 Å². The fourth-order valence-electron chi connectivity index (χ4n) is 3.62. The number of likely N-dealkylation sites (tertiary alicyclic amines) is 1. The van der Waals surface area contributed by atoms with Crippen LogP contribution < -0.4 is 9.47 Å². The van der Waals surface area contributed by atoms with Crippen LogP contribution in [-0.4, -0.2) is 43.1 Å². The average Bonchev–Trinajstić information content (AvgIpc) is 3.08. The van der Waals surface area contributed by atoms with Crippen molar-refractivity contribution in [2.45, 2.75) is 26.7 Å². The van der Waals surface area contributed by atoms with Gasteiger partial charge in [-0.3, -0.25) is 4.79 Å². The van der Waals surface area contributed by atoms with Crippen LogP contribution in [0.4, 0.5) is 0 Å². The quantitative estimate of drug-likeness (QED) is 0.797. The first-order valence-electron chi connectivity index (χ1n) is 8.94. The van der Waals surface area contributed by atoms with E-state index >= 15 is 0 Å². The normalized spacial score (nSPS) is 20.1. The van der Waals surface area contributed by atoms with E-state index in [4.69, 9.17) is 9.47 Å². The maximum absolute atomic E-state index is 12.6. The molecule has 0 saturated carbocycles. The fourth-order valence-corrected chi connectivity index (χ4v) is 4.44. The molecule has 26 heavy (non-hydrogen) atoms. The van der Waals surface area contributed by atoms with Crippen LogP contribution in [0.25, 0.3) is 10.6 Å². The number of piperidine rings is 1. The van der Waals surface area contributed by atoms with Crippen molar-refractivity contribution in [3.63, 3.8) is 0 Å². The summed E-state index contributed by atoms with van der Waals surface area (Å²) >= 11 is 1.55. The van der Waals surface area contributed by atoms with Gasteiger partial charge in [0.05, 0.1) is 26.3 Å². The van der Waals surface area contributed by atoms with Gasteiger partial charge in [0.1, 0.15) is 5.01 Å². The standard InChI is InChI=1S/C20H26N2O3S/c1-13-7-14(2)11-22(10-13)19(23)9-16-12-26-20(21-16)15-5-6-17(24-3)18(8-15)25-4/h5-6,8,12-14H,7,9-11H2,1-4H3. The molecule has 5 nitrogen and oxygen atoms in total. The summed E-state index contributed by atoms with van der Waals surface area (Å²) in [7, 11) is 3.24. The van der Waals surface area contributed by atoms with E-state index in [2.05, 4.69) is 18.8 Å². The Kier molecular flexibility index (Phi) is 5.81. The van der Waals surface area contributed by atoms with E-state index in [0.29, 0.717) is 29.8 Å². The minimum Gasteiger partial charge on any atom is -0.493 e. The minimum absolute atomic E-state index is 0.174. The summed E-state index contributed by atoms with van der Waals surface area (Å²) in [5.74, 6) is 2.68. The van der Waals surface area contributed by atoms with E-state index in [9.17, 15) is 4.79 Å². The van der Waals surface area contributed by atoms with E-state index in [-0.39, 0.29) is 5.91 Å². The molecule has 1 aliphatic rings. The molecule has 140 valence electrons. The number of nitrogens with zero attached hydrogens (tertiary/aromatic N) is 2. The van der Waals surface area contributed by atoms with Crippen molar-refractivity contribution in [2.24, 2.45) is 11.8 Å². The lowest BCUT2D eigenvalue weighted by atomic mass is 9.92. The predicted molar refractivity (Wildman–Crippen MR) is 104 cm³/mol. The number of carbonyl (C=O) groups excluding carboxylic acids is 1. The second kappa shape index (κ2) is 8.08. The number of methoxy groups -OCH3 is 2. The molecule has 0 bridgehead atoms. The molecule has 1 fully saturated rings. The number of ether oxygens (including phenoxy) is 2. The summed E-state index contributed by atoms with van der Waals surface area (Å²) in [6.07, 6.45) is 1.56. The lowest BCUT2D eigenvalue weighted by Gasteiger charge is -2.35. The minimum atomic E-state index is 0.174. The summed E-state index contributed by atoms with van der Waals surface area (Å²) in [4.78, 5) is 19.3. The first kappa shape index (κ1) is 18.7. The van der Waals surface area contributed by atoms with Gasteiger partial charge >= 0.3 is 0 Å². The topological polar surface area (TPSA) is 51.7 Å². The zero-order chi connectivity index (χ0) is 18.7. The van der Waals surface area contributed by atoms with Crippen LogP contribution in [-0.2, 0) is 11.2 Å². The molecule has 3 rings (SSSR count). The average molecular weight is 375 g/mol. The zero-order valence-electron chi connectivity index (χ0n) is 15.8. The summed E-state index contributed by atoms with van der Waals surface area (Å²) < 4.78 is 10.6. The Morgan fingerprint density at radius 2 is 1.88 bits per heavy atom. The van der Waals surface area contributed by atoms with Crippen molar-refractivity contribution in [1.82, 2.24) is 9.88 Å². The van der Waals surface area contributed by atoms with Gasteiger partial charge in [-0.25, -0.2) is 4.98 Å². The van der Waals surface area contributed by atoms with Crippen molar-refractivity contribution in [3.8, 4) is 22.1 Å². The van der Waals surface area contributed by atoms with E-state index in [1.54, 1.807) is 25.6 Å². The van der Waals surface area contributed by atoms with E-state index in [1.807, 2.05) is 28.5 Å². The van der Waals surface area contributed by atoms with Gasteiger partial charge in [-0.1, -0.05) is 13.8 Å². The van der Waals surface area contributed by atoms with Gasteiger partial charge in [-0.05, 0) is 36.5 Å². The SMILES string of the molecule is COc1ccc(-c2nc(CC(=O)N3CC(C)CC(C)C3)cs2)cc1OC. The summed E-state index contributed by atoms with van der Waals surface area (Å²) in [5.41, 5.74) is 1.79.